The van der Waals surface area contributed by atoms with Gasteiger partial charge in [-0.15, -0.1) is 0 Å². The summed E-state index contributed by atoms with van der Waals surface area (Å²) in [6.07, 6.45) is 5.39. The lowest BCUT2D eigenvalue weighted by Crippen LogP contribution is -2.27. The van der Waals surface area contributed by atoms with Crippen LogP contribution in [-0.4, -0.2) is 18.2 Å². The van der Waals surface area contributed by atoms with Crippen LogP contribution in [0.2, 0.25) is 0 Å². The number of nitrogens with zero attached hydrogens (tertiary/aromatic N) is 1. The van der Waals surface area contributed by atoms with Gasteiger partial charge in [-0.3, -0.25) is 4.79 Å². The van der Waals surface area contributed by atoms with E-state index in [4.69, 9.17) is 4.74 Å². The van der Waals surface area contributed by atoms with E-state index < -0.39 is 0 Å². The molecule has 0 aromatic heterocycles. The minimum absolute atomic E-state index is 0.00218. The van der Waals surface area contributed by atoms with Crippen molar-refractivity contribution in [2.24, 2.45) is 11.0 Å². The minimum Gasteiger partial charge on any atom is -0.484 e. The number of ether oxygens (including phenoxy) is 1. The van der Waals surface area contributed by atoms with Crippen molar-refractivity contribution in [2.45, 2.75) is 46.0 Å². The lowest BCUT2D eigenvalue weighted by molar-refractivity contribution is -0.123. The van der Waals surface area contributed by atoms with Crippen LogP contribution in [0.15, 0.2) is 29.4 Å². The molecule has 1 N–H and O–H groups in total. The smallest absolute Gasteiger partial charge is 0.277 e. The van der Waals surface area contributed by atoms with Gasteiger partial charge in [0.2, 0.25) is 0 Å². The number of rotatable bonds is 5. The first kappa shape index (κ1) is 15.5. The molecule has 4 nitrogen and oxygen atoms in total. The van der Waals surface area contributed by atoms with E-state index >= 15 is 0 Å². The van der Waals surface area contributed by atoms with Crippen molar-refractivity contribution < 1.29 is 9.53 Å². The van der Waals surface area contributed by atoms with Crippen LogP contribution >= 0.6 is 0 Å². The summed E-state index contributed by atoms with van der Waals surface area (Å²) in [7, 11) is 0. The number of hydrazone groups is 1. The zero-order valence-corrected chi connectivity index (χ0v) is 12.9. The molecule has 0 heterocycles. The van der Waals surface area contributed by atoms with Gasteiger partial charge in [0.1, 0.15) is 5.75 Å². The van der Waals surface area contributed by atoms with Crippen molar-refractivity contribution in [2.75, 3.05) is 6.61 Å². The highest BCUT2D eigenvalue weighted by molar-refractivity contribution is 5.87. The second kappa shape index (κ2) is 7.81. The summed E-state index contributed by atoms with van der Waals surface area (Å²) < 4.78 is 5.45. The summed E-state index contributed by atoms with van der Waals surface area (Å²) in [6, 6.07) is 7.80. The summed E-state index contributed by atoms with van der Waals surface area (Å²) in [5.74, 6) is 1.17. The molecule has 1 atom stereocenters. The van der Waals surface area contributed by atoms with Gasteiger partial charge >= 0.3 is 0 Å². The third kappa shape index (κ3) is 5.21. The molecule has 1 fully saturated rings. The Balaban J connectivity index is 1.75. The molecule has 114 valence electrons. The molecule has 0 radical (unpaired) electrons. The monoisotopic (exact) mass is 288 g/mol. The van der Waals surface area contributed by atoms with Crippen molar-refractivity contribution in [1.29, 1.82) is 0 Å². The SMILES string of the molecule is CCc1ccc(OCC(=O)N/N=C2/CCCC(C)C2)cc1. The summed E-state index contributed by atoms with van der Waals surface area (Å²) in [6.45, 7) is 4.33. The van der Waals surface area contributed by atoms with Crippen LogP contribution in [0.3, 0.4) is 0 Å². The fourth-order valence-corrected chi connectivity index (χ4v) is 2.51. The number of nitrogens with one attached hydrogen (secondary N) is 1. The molecule has 4 heteroatoms. The number of hydrogen-bond donors (Lipinski definition) is 1. The second-order valence-corrected chi connectivity index (χ2v) is 5.70. The highest BCUT2D eigenvalue weighted by Gasteiger charge is 2.14. The van der Waals surface area contributed by atoms with Gasteiger partial charge in [-0.1, -0.05) is 26.0 Å². The lowest BCUT2D eigenvalue weighted by Gasteiger charge is -2.18. The molecule has 21 heavy (non-hydrogen) atoms. The zero-order chi connectivity index (χ0) is 15.1. The Morgan fingerprint density at radius 2 is 2.14 bits per heavy atom. The Morgan fingerprint density at radius 3 is 2.81 bits per heavy atom. The van der Waals surface area contributed by atoms with Crippen molar-refractivity contribution in [3.05, 3.63) is 29.8 Å². The molecule has 0 spiro atoms. The highest BCUT2D eigenvalue weighted by atomic mass is 16.5. The topological polar surface area (TPSA) is 50.7 Å². The first-order chi connectivity index (χ1) is 10.2. The van der Waals surface area contributed by atoms with Gasteiger partial charge in [0.05, 0.1) is 0 Å². The highest BCUT2D eigenvalue weighted by Crippen LogP contribution is 2.20. The summed E-state index contributed by atoms with van der Waals surface area (Å²) in [4.78, 5) is 11.7. The molecule has 1 aliphatic rings. The van der Waals surface area contributed by atoms with Gasteiger partial charge in [0, 0.05) is 5.71 Å². The Labute approximate surface area is 126 Å². The number of aryl methyl sites for hydroxylation is 1. The fourth-order valence-electron chi connectivity index (χ4n) is 2.51. The molecule has 1 amide bonds. The van der Waals surface area contributed by atoms with Crippen LogP contribution < -0.4 is 10.2 Å². The number of carbonyl (C=O) groups is 1. The van der Waals surface area contributed by atoms with Crippen molar-refractivity contribution in [3.8, 4) is 5.75 Å². The summed E-state index contributed by atoms with van der Waals surface area (Å²) in [5, 5.41) is 4.21. The third-order valence-corrected chi connectivity index (χ3v) is 3.79. The quantitative estimate of drug-likeness (QED) is 0.845. The van der Waals surface area contributed by atoms with Gasteiger partial charge < -0.3 is 4.74 Å². The van der Waals surface area contributed by atoms with E-state index in [1.165, 1.54) is 12.0 Å². The van der Waals surface area contributed by atoms with Gasteiger partial charge in [0.15, 0.2) is 6.61 Å². The predicted octanol–water partition coefficient (Wildman–Crippen LogP) is 3.31. The number of benzene rings is 1. The molecule has 2 rings (SSSR count). The maximum absolute atomic E-state index is 11.7. The summed E-state index contributed by atoms with van der Waals surface area (Å²) >= 11 is 0. The predicted molar refractivity (Wildman–Crippen MR) is 84.5 cm³/mol. The Morgan fingerprint density at radius 1 is 1.38 bits per heavy atom. The first-order valence-electron chi connectivity index (χ1n) is 7.73. The van der Waals surface area contributed by atoms with E-state index in [9.17, 15) is 4.79 Å². The molecular formula is C17H24N2O2. The zero-order valence-electron chi connectivity index (χ0n) is 12.9. The van der Waals surface area contributed by atoms with E-state index in [0.29, 0.717) is 11.7 Å². The van der Waals surface area contributed by atoms with Crippen LogP contribution in [0.4, 0.5) is 0 Å². The fraction of sp³-hybridized carbons (Fsp3) is 0.529. The Hall–Kier alpha value is -1.84. The van der Waals surface area contributed by atoms with Gasteiger partial charge in [-0.2, -0.15) is 5.10 Å². The Bertz CT molecular complexity index is 494. The molecule has 0 bridgehead atoms. The van der Waals surface area contributed by atoms with Crippen molar-refractivity contribution >= 4 is 11.6 Å². The molecule has 0 aliphatic heterocycles. The van der Waals surface area contributed by atoms with Crippen LogP contribution in [-0.2, 0) is 11.2 Å². The first-order valence-corrected chi connectivity index (χ1v) is 7.73. The van der Waals surface area contributed by atoms with E-state index in [1.54, 1.807) is 0 Å². The Kier molecular flexibility index (Phi) is 5.78. The van der Waals surface area contributed by atoms with Crippen LogP contribution in [0.1, 0.15) is 45.1 Å². The molecular weight excluding hydrogens is 264 g/mol. The van der Waals surface area contributed by atoms with Crippen LogP contribution in [0, 0.1) is 5.92 Å². The van der Waals surface area contributed by atoms with E-state index in [2.05, 4.69) is 24.4 Å². The average molecular weight is 288 g/mol. The largest absolute Gasteiger partial charge is 0.484 e. The van der Waals surface area contributed by atoms with Crippen LogP contribution in [0.5, 0.6) is 5.75 Å². The van der Waals surface area contributed by atoms with Crippen LogP contribution in [0.25, 0.3) is 0 Å². The number of hydrogen-bond acceptors (Lipinski definition) is 3. The normalized spacial score (nSPS) is 20.3. The second-order valence-electron chi connectivity index (χ2n) is 5.70. The number of amides is 1. The molecule has 1 saturated carbocycles. The maximum Gasteiger partial charge on any atom is 0.277 e. The molecule has 1 aliphatic carbocycles. The molecule has 1 aromatic carbocycles. The van der Waals surface area contributed by atoms with E-state index in [1.807, 2.05) is 24.3 Å². The van der Waals surface area contributed by atoms with Gasteiger partial charge in [-0.05, 0) is 55.7 Å². The van der Waals surface area contributed by atoms with Crippen molar-refractivity contribution in [3.63, 3.8) is 0 Å². The average Bonchev–Trinajstić information content (AvgIpc) is 2.51. The molecule has 1 aromatic rings. The minimum atomic E-state index is -0.208. The van der Waals surface area contributed by atoms with Gasteiger partial charge in [-0.25, -0.2) is 5.43 Å². The van der Waals surface area contributed by atoms with Crippen molar-refractivity contribution in [1.82, 2.24) is 5.43 Å². The standard InChI is InChI=1S/C17H24N2O2/c1-3-14-7-9-16(10-8-14)21-12-17(20)19-18-15-6-4-5-13(2)11-15/h7-10,13H,3-6,11-12H2,1-2H3,(H,19,20)/b18-15-. The molecule has 1 unspecified atom stereocenters. The number of carbonyl (C=O) groups excluding carboxylic acids is 1. The van der Waals surface area contributed by atoms with Gasteiger partial charge in [0.25, 0.3) is 5.91 Å². The van der Waals surface area contributed by atoms with E-state index in [0.717, 1.165) is 31.4 Å². The van der Waals surface area contributed by atoms with E-state index in [-0.39, 0.29) is 12.5 Å². The lowest BCUT2D eigenvalue weighted by atomic mass is 9.89. The maximum atomic E-state index is 11.7. The molecule has 0 saturated heterocycles. The third-order valence-electron chi connectivity index (χ3n) is 3.79. The summed E-state index contributed by atoms with van der Waals surface area (Å²) in [5.41, 5.74) is 4.94.